The van der Waals surface area contributed by atoms with Gasteiger partial charge in [0.1, 0.15) is 24.6 Å². The summed E-state index contributed by atoms with van der Waals surface area (Å²) in [5, 5.41) is 1.08. The number of carbonyl (C=O) groups excluding carboxylic acids is 1. The van der Waals surface area contributed by atoms with Crippen LogP contribution in [-0.4, -0.2) is 46.6 Å². The number of amides is 1. The third-order valence-electron chi connectivity index (χ3n) is 4.35. The van der Waals surface area contributed by atoms with E-state index in [4.69, 9.17) is 9.47 Å². The average molecular weight is 478 g/mol. The molecule has 0 N–H and O–H groups in total. The fourth-order valence-electron chi connectivity index (χ4n) is 2.87. The lowest BCUT2D eigenvalue weighted by atomic mass is 10.1. The van der Waals surface area contributed by atoms with Gasteiger partial charge in [0.2, 0.25) is 0 Å². The summed E-state index contributed by atoms with van der Waals surface area (Å²) in [6.45, 7) is 5.62. The Bertz CT molecular complexity index is 1190. The third kappa shape index (κ3) is 6.69. The van der Waals surface area contributed by atoms with Crippen molar-refractivity contribution in [3.05, 3.63) is 48.5 Å². The Kier molecular flexibility index (Phi) is 7.12. The zero-order chi connectivity index (χ0) is 23.5. The second kappa shape index (κ2) is 9.48. The Hall–Kier alpha value is -2.62. The lowest BCUT2D eigenvalue weighted by Gasteiger charge is -2.24. The Labute approximate surface area is 192 Å². The monoisotopic (exact) mass is 477 g/mol. The molecule has 7 nitrogen and oxygen atoms in total. The van der Waals surface area contributed by atoms with Gasteiger partial charge in [-0.3, -0.25) is 9.08 Å². The number of hydrogen-bond acceptors (Lipinski definition) is 7. The van der Waals surface area contributed by atoms with Crippen molar-refractivity contribution < 1.29 is 26.9 Å². The first-order valence-electron chi connectivity index (χ1n) is 9.99. The molecule has 3 rings (SSSR count). The van der Waals surface area contributed by atoms with Crippen molar-refractivity contribution in [1.29, 1.82) is 0 Å². The summed E-state index contributed by atoms with van der Waals surface area (Å²) in [5.74, 6) is 0.650. The van der Waals surface area contributed by atoms with E-state index in [2.05, 4.69) is 10.2 Å². The molecule has 1 amide bonds. The van der Waals surface area contributed by atoms with Gasteiger partial charge >= 0.3 is 6.09 Å². The summed E-state index contributed by atoms with van der Waals surface area (Å²) in [6.07, 6.45) is 0.607. The predicted octanol–water partition coefficient (Wildman–Crippen LogP) is 5.29. The van der Waals surface area contributed by atoms with E-state index in [9.17, 15) is 13.2 Å². The molecule has 0 aliphatic rings. The number of anilines is 1. The van der Waals surface area contributed by atoms with Crippen LogP contribution in [0, 0.1) is 0 Å². The molecule has 0 saturated carbocycles. The van der Waals surface area contributed by atoms with E-state index in [1.54, 1.807) is 18.4 Å². The highest BCUT2D eigenvalue weighted by Crippen LogP contribution is 2.36. The van der Waals surface area contributed by atoms with E-state index in [-0.39, 0.29) is 13.2 Å². The first-order valence-corrected chi connectivity index (χ1v) is 12.6. The minimum atomic E-state index is -3.47. The molecule has 0 aliphatic carbocycles. The number of nitrogens with zero attached hydrogens (tertiary/aromatic N) is 1. The lowest BCUT2D eigenvalue weighted by Crippen LogP contribution is -2.34. The molecule has 0 aliphatic heterocycles. The van der Waals surface area contributed by atoms with Gasteiger partial charge in [-0.05, 0) is 68.1 Å². The smallest absolute Gasteiger partial charge is 0.414 e. The standard InChI is InChI=1S/C23H27NO6S2/c1-23(2,3)30-22(25)24(4)18-9-6-16(7-10-18)20-14-17-8-11-19(15-21(17)31-20)28-12-13-29-32(5,26)27/h6-11,14-15H,12-13H2,1-5H3. The van der Waals surface area contributed by atoms with Crippen LogP contribution in [0.3, 0.4) is 0 Å². The van der Waals surface area contributed by atoms with E-state index in [0.29, 0.717) is 5.75 Å². The summed E-state index contributed by atoms with van der Waals surface area (Å²) in [5.41, 5.74) is 1.23. The molecule has 1 heterocycles. The maximum absolute atomic E-state index is 12.3. The highest BCUT2D eigenvalue weighted by atomic mass is 32.2. The van der Waals surface area contributed by atoms with Crippen LogP contribution in [0.2, 0.25) is 0 Å². The Morgan fingerprint density at radius 3 is 2.34 bits per heavy atom. The molecule has 9 heteroatoms. The quantitative estimate of drug-likeness (QED) is 0.339. The van der Waals surface area contributed by atoms with Gasteiger partial charge in [0.05, 0.1) is 6.26 Å². The minimum absolute atomic E-state index is 0.0311. The summed E-state index contributed by atoms with van der Waals surface area (Å²) >= 11 is 1.62. The Morgan fingerprint density at radius 1 is 1.03 bits per heavy atom. The molecule has 0 radical (unpaired) electrons. The normalized spacial score (nSPS) is 12.0. The minimum Gasteiger partial charge on any atom is -0.491 e. The Morgan fingerprint density at radius 2 is 1.72 bits per heavy atom. The van der Waals surface area contributed by atoms with Crippen LogP contribution in [-0.2, 0) is 19.0 Å². The lowest BCUT2D eigenvalue weighted by molar-refractivity contribution is 0.0589. The topological polar surface area (TPSA) is 82.1 Å². The average Bonchev–Trinajstić information content (AvgIpc) is 3.12. The van der Waals surface area contributed by atoms with E-state index >= 15 is 0 Å². The molecule has 0 fully saturated rings. The molecule has 0 bridgehead atoms. The zero-order valence-electron chi connectivity index (χ0n) is 18.7. The van der Waals surface area contributed by atoms with Crippen molar-refractivity contribution in [3.63, 3.8) is 0 Å². The largest absolute Gasteiger partial charge is 0.491 e. The van der Waals surface area contributed by atoms with Gasteiger partial charge in [0.15, 0.2) is 0 Å². The zero-order valence-corrected chi connectivity index (χ0v) is 20.4. The van der Waals surface area contributed by atoms with Gasteiger partial charge in [-0.15, -0.1) is 11.3 Å². The number of hydrogen-bond donors (Lipinski definition) is 0. The molecule has 0 atom stereocenters. The van der Waals surface area contributed by atoms with Crippen molar-refractivity contribution in [2.75, 3.05) is 31.4 Å². The number of carbonyl (C=O) groups is 1. The molecule has 0 saturated heterocycles. The summed E-state index contributed by atoms with van der Waals surface area (Å²) in [4.78, 5) is 14.8. The van der Waals surface area contributed by atoms with Crippen molar-refractivity contribution >= 4 is 43.3 Å². The highest BCUT2D eigenvalue weighted by Gasteiger charge is 2.20. The molecular formula is C23H27NO6S2. The summed E-state index contributed by atoms with van der Waals surface area (Å²) in [6, 6.07) is 15.6. The number of rotatable bonds is 7. The van der Waals surface area contributed by atoms with Crippen LogP contribution in [0.15, 0.2) is 48.5 Å². The van der Waals surface area contributed by atoms with Crippen molar-refractivity contribution in [2.45, 2.75) is 26.4 Å². The number of fused-ring (bicyclic) bond motifs is 1. The van der Waals surface area contributed by atoms with Crippen molar-refractivity contribution in [3.8, 4) is 16.2 Å². The van der Waals surface area contributed by atoms with Gasteiger partial charge in [-0.25, -0.2) is 4.79 Å². The first kappa shape index (κ1) is 24.0. The van der Waals surface area contributed by atoms with Gasteiger partial charge in [0, 0.05) is 22.3 Å². The van der Waals surface area contributed by atoms with Gasteiger partial charge in [-0.1, -0.05) is 12.1 Å². The Balaban J connectivity index is 1.69. The second-order valence-electron chi connectivity index (χ2n) is 8.27. The molecule has 2 aromatic carbocycles. The van der Waals surface area contributed by atoms with E-state index in [0.717, 1.165) is 32.5 Å². The fraction of sp³-hybridized carbons (Fsp3) is 0.348. The first-order chi connectivity index (χ1) is 14.9. The summed E-state index contributed by atoms with van der Waals surface area (Å²) < 4.78 is 38.7. The maximum atomic E-state index is 12.3. The molecular weight excluding hydrogens is 450 g/mol. The van der Waals surface area contributed by atoms with Gasteiger partial charge in [-0.2, -0.15) is 8.42 Å². The molecule has 0 unspecified atom stereocenters. The predicted molar refractivity (Wildman–Crippen MR) is 128 cm³/mol. The van der Waals surface area contributed by atoms with Crippen molar-refractivity contribution in [1.82, 2.24) is 0 Å². The van der Waals surface area contributed by atoms with Crippen molar-refractivity contribution in [2.24, 2.45) is 0 Å². The van der Waals surface area contributed by atoms with Gasteiger partial charge in [0.25, 0.3) is 10.1 Å². The fourth-order valence-corrected chi connectivity index (χ4v) is 4.34. The number of benzene rings is 2. The highest BCUT2D eigenvalue weighted by molar-refractivity contribution is 7.85. The molecule has 3 aromatic rings. The van der Waals surface area contributed by atoms with E-state index < -0.39 is 21.8 Å². The molecule has 172 valence electrons. The van der Waals surface area contributed by atoms with Crippen LogP contribution in [0.5, 0.6) is 5.75 Å². The molecule has 0 spiro atoms. The molecule has 1 aromatic heterocycles. The van der Waals surface area contributed by atoms with Crippen LogP contribution in [0.1, 0.15) is 20.8 Å². The van der Waals surface area contributed by atoms with Crippen LogP contribution in [0.4, 0.5) is 10.5 Å². The summed E-state index contributed by atoms with van der Waals surface area (Å²) in [7, 11) is -1.78. The van der Waals surface area contributed by atoms with E-state index in [1.807, 2.05) is 63.2 Å². The van der Waals surface area contributed by atoms with Crippen LogP contribution < -0.4 is 9.64 Å². The van der Waals surface area contributed by atoms with Crippen LogP contribution >= 0.6 is 11.3 Å². The van der Waals surface area contributed by atoms with E-state index in [1.165, 1.54) is 4.90 Å². The number of ether oxygens (including phenoxy) is 2. The van der Waals surface area contributed by atoms with Crippen LogP contribution in [0.25, 0.3) is 20.5 Å². The van der Waals surface area contributed by atoms with Gasteiger partial charge < -0.3 is 9.47 Å². The third-order valence-corrected chi connectivity index (χ3v) is 6.09. The second-order valence-corrected chi connectivity index (χ2v) is 11.0. The SMILES string of the molecule is CN(C(=O)OC(C)(C)C)c1ccc(-c2cc3ccc(OCCOS(C)(=O)=O)cc3s2)cc1. The maximum Gasteiger partial charge on any atom is 0.414 e. The molecule has 32 heavy (non-hydrogen) atoms. The number of thiophene rings is 1.